The minimum absolute atomic E-state index is 0.204. The lowest BCUT2D eigenvalue weighted by atomic mass is 10.0. The van der Waals surface area contributed by atoms with Crippen LogP contribution in [0.15, 0.2) is 0 Å². The average molecular weight is 231 g/mol. The molecule has 1 aliphatic rings. The summed E-state index contributed by atoms with van der Waals surface area (Å²) in [6, 6.07) is 0.600. The van der Waals surface area contributed by atoms with E-state index < -0.39 is 0 Å². The molecule has 0 saturated carbocycles. The van der Waals surface area contributed by atoms with Gasteiger partial charge in [0.2, 0.25) is 0 Å². The molecule has 1 saturated heterocycles. The number of nitrogens with zero attached hydrogens (tertiary/aromatic N) is 1. The van der Waals surface area contributed by atoms with E-state index in [1.165, 1.54) is 6.42 Å². The van der Waals surface area contributed by atoms with Crippen LogP contribution in [0.1, 0.15) is 40.0 Å². The first-order valence-corrected chi connectivity index (χ1v) is 6.59. The second-order valence-corrected chi connectivity index (χ2v) is 5.13. The molecule has 0 aromatic heterocycles. The van der Waals surface area contributed by atoms with Gasteiger partial charge < -0.3 is 4.74 Å². The van der Waals surface area contributed by atoms with E-state index in [9.17, 15) is 4.39 Å². The predicted molar refractivity (Wildman–Crippen MR) is 65.4 cm³/mol. The van der Waals surface area contributed by atoms with E-state index >= 15 is 0 Å². The highest BCUT2D eigenvalue weighted by atomic mass is 19.1. The van der Waals surface area contributed by atoms with Crippen LogP contribution in [0.3, 0.4) is 0 Å². The number of hydrogen-bond donors (Lipinski definition) is 0. The van der Waals surface area contributed by atoms with Crippen molar-refractivity contribution in [1.82, 2.24) is 4.90 Å². The van der Waals surface area contributed by atoms with Gasteiger partial charge in [-0.1, -0.05) is 13.8 Å². The van der Waals surface area contributed by atoms with Gasteiger partial charge in [-0.25, -0.2) is 0 Å². The Morgan fingerprint density at radius 2 is 2.19 bits per heavy atom. The monoisotopic (exact) mass is 231 g/mol. The topological polar surface area (TPSA) is 12.5 Å². The fourth-order valence-electron chi connectivity index (χ4n) is 2.62. The lowest BCUT2D eigenvalue weighted by molar-refractivity contribution is 0.0686. The third-order valence-electron chi connectivity index (χ3n) is 3.21. The highest BCUT2D eigenvalue weighted by Gasteiger charge is 2.32. The van der Waals surface area contributed by atoms with Gasteiger partial charge in [0, 0.05) is 25.7 Å². The molecular formula is C13H26FNO. The van der Waals surface area contributed by atoms with Gasteiger partial charge in [0.25, 0.3) is 0 Å². The summed E-state index contributed by atoms with van der Waals surface area (Å²) in [5, 5.41) is 0. The lowest BCUT2D eigenvalue weighted by Crippen LogP contribution is -2.32. The molecule has 0 aliphatic carbocycles. The Bertz CT molecular complexity index is 187. The zero-order valence-electron chi connectivity index (χ0n) is 10.9. The first-order chi connectivity index (χ1) is 7.67. The van der Waals surface area contributed by atoms with Crippen molar-refractivity contribution in [1.29, 1.82) is 0 Å². The third kappa shape index (κ3) is 4.38. The Hall–Kier alpha value is -0.150. The summed E-state index contributed by atoms with van der Waals surface area (Å²) in [4.78, 5) is 2.42. The van der Waals surface area contributed by atoms with Crippen LogP contribution >= 0.6 is 0 Å². The Morgan fingerprint density at radius 3 is 2.75 bits per heavy atom. The highest BCUT2D eigenvalue weighted by molar-refractivity contribution is 4.86. The van der Waals surface area contributed by atoms with E-state index in [0.717, 1.165) is 26.1 Å². The molecule has 1 fully saturated rings. The number of likely N-dealkylation sites (tertiary alicyclic amines) is 1. The van der Waals surface area contributed by atoms with Crippen LogP contribution < -0.4 is 0 Å². The van der Waals surface area contributed by atoms with Crippen LogP contribution in [-0.4, -0.2) is 43.4 Å². The largest absolute Gasteiger partial charge is 0.377 e. The molecule has 1 aliphatic heterocycles. The van der Waals surface area contributed by atoms with Crippen molar-refractivity contribution in [3.8, 4) is 0 Å². The summed E-state index contributed by atoms with van der Waals surface area (Å²) >= 11 is 0. The van der Waals surface area contributed by atoms with Gasteiger partial charge in [-0.05, 0) is 32.1 Å². The Labute approximate surface area is 99.2 Å². The molecule has 0 aromatic rings. The zero-order chi connectivity index (χ0) is 12.0. The van der Waals surface area contributed by atoms with E-state index in [-0.39, 0.29) is 6.67 Å². The maximum atomic E-state index is 12.2. The molecule has 1 rings (SSSR count). The minimum Gasteiger partial charge on any atom is -0.377 e. The molecule has 2 atom stereocenters. The third-order valence-corrected chi connectivity index (χ3v) is 3.21. The zero-order valence-corrected chi connectivity index (χ0v) is 10.9. The molecule has 2 nitrogen and oxygen atoms in total. The first-order valence-electron chi connectivity index (χ1n) is 6.59. The van der Waals surface area contributed by atoms with Crippen LogP contribution in [0, 0.1) is 5.92 Å². The molecule has 0 aromatic carbocycles. The first kappa shape index (κ1) is 13.9. The smallest absolute Gasteiger partial charge is 0.0906 e. The van der Waals surface area contributed by atoms with Crippen molar-refractivity contribution in [2.24, 2.45) is 5.92 Å². The van der Waals surface area contributed by atoms with Gasteiger partial charge in [-0.15, -0.1) is 0 Å². The van der Waals surface area contributed by atoms with Gasteiger partial charge in [0.1, 0.15) is 0 Å². The predicted octanol–water partition coefficient (Wildman–Crippen LogP) is 2.87. The van der Waals surface area contributed by atoms with Crippen LogP contribution in [0.25, 0.3) is 0 Å². The van der Waals surface area contributed by atoms with Crippen molar-refractivity contribution in [3.63, 3.8) is 0 Å². The second-order valence-electron chi connectivity index (χ2n) is 5.13. The van der Waals surface area contributed by atoms with Gasteiger partial charge in [0.15, 0.2) is 0 Å². The fraction of sp³-hybridized carbons (Fsp3) is 1.00. The maximum absolute atomic E-state index is 12.2. The Balaban J connectivity index is 2.42. The highest BCUT2D eigenvalue weighted by Crippen LogP contribution is 2.25. The van der Waals surface area contributed by atoms with Crippen LogP contribution in [-0.2, 0) is 4.74 Å². The van der Waals surface area contributed by atoms with Crippen molar-refractivity contribution < 1.29 is 9.13 Å². The van der Waals surface area contributed by atoms with Gasteiger partial charge in [-0.2, -0.15) is 0 Å². The van der Waals surface area contributed by atoms with E-state index in [4.69, 9.17) is 4.74 Å². The number of alkyl halides is 1. The Morgan fingerprint density at radius 1 is 1.44 bits per heavy atom. The van der Waals surface area contributed by atoms with Gasteiger partial charge in [0.05, 0.1) is 12.8 Å². The molecule has 0 bridgehead atoms. The van der Waals surface area contributed by atoms with Crippen molar-refractivity contribution in [2.75, 3.05) is 26.4 Å². The number of halogens is 1. The lowest BCUT2D eigenvalue weighted by Gasteiger charge is -2.24. The molecule has 16 heavy (non-hydrogen) atoms. The SMILES string of the molecule is CCOC1CC(CC(C)C)N(CCCF)C1. The summed E-state index contributed by atoms with van der Waals surface area (Å²) in [5.41, 5.74) is 0. The molecule has 0 N–H and O–H groups in total. The van der Waals surface area contributed by atoms with Crippen molar-refractivity contribution in [2.45, 2.75) is 52.2 Å². The van der Waals surface area contributed by atoms with Crippen LogP contribution in [0.4, 0.5) is 4.39 Å². The molecule has 0 spiro atoms. The van der Waals surface area contributed by atoms with E-state index in [1.54, 1.807) is 0 Å². The maximum Gasteiger partial charge on any atom is 0.0906 e. The fourth-order valence-corrected chi connectivity index (χ4v) is 2.62. The summed E-state index contributed by atoms with van der Waals surface area (Å²) in [5.74, 6) is 0.707. The number of ether oxygens (including phenoxy) is 1. The van der Waals surface area contributed by atoms with E-state index in [0.29, 0.717) is 24.5 Å². The number of hydrogen-bond acceptors (Lipinski definition) is 2. The summed E-state index contributed by atoms with van der Waals surface area (Å²) < 4.78 is 17.9. The molecule has 96 valence electrons. The molecule has 2 unspecified atom stereocenters. The average Bonchev–Trinajstić information content (AvgIpc) is 2.57. The van der Waals surface area contributed by atoms with E-state index in [1.807, 2.05) is 6.92 Å². The summed E-state index contributed by atoms with van der Waals surface area (Å²) in [6.45, 7) is 9.01. The molecule has 1 heterocycles. The molecule has 0 amide bonds. The normalized spacial score (nSPS) is 26.8. The summed E-state index contributed by atoms with van der Waals surface area (Å²) in [6.07, 6.45) is 3.36. The second kappa shape index (κ2) is 7.23. The quantitative estimate of drug-likeness (QED) is 0.668. The van der Waals surface area contributed by atoms with Crippen molar-refractivity contribution >= 4 is 0 Å². The van der Waals surface area contributed by atoms with Gasteiger partial charge in [-0.3, -0.25) is 9.29 Å². The van der Waals surface area contributed by atoms with Gasteiger partial charge >= 0.3 is 0 Å². The van der Waals surface area contributed by atoms with Crippen LogP contribution in [0.5, 0.6) is 0 Å². The Kier molecular flexibility index (Phi) is 6.29. The molecular weight excluding hydrogens is 205 g/mol. The van der Waals surface area contributed by atoms with Crippen molar-refractivity contribution in [3.05, 3.63) is 0 Å². The van der Waals surface area contributed by atoms with Crippen LogP contribution in [0.2, 0.25) is 0 Å². The number of rotatable bonds is 7. The van der Waals surface area contributed by atoms with E-state index in [2.05, 4.69) is 18.7 Å². The summed E-state index contributed by atoms with van der Waals surface area (Å²) in [7, 11) is 0. The molecule has 0 radical (unpaired) electrons. The molecule has 3 heteroatoms. The minimum atomic E-state index is -0.204. The standard InChI is InChI=1S/C13H26FNO/c1-4-16-13-9-12(8-11(2)3)15(10-13)7-5-6-14/h11-13H,4-10H2,1-3H3.